The van der Waals surface area contributed by atoms with Crippen LogP contribution in [0.5, 0.6) is 0 Å². The van der Waals surface area contributed by atoms with Gasteiger partial charge in [0.25, 0.3) is 5.91 Å². The summed E-state index contributed by atoms with van der Waals surface area (Å²) in [6.07, 6.45) is 2.89. The molecule has 5 nitrogen and oxygen atoms in total. The first-order chi connectivity index (χ1) is 12.2. The van der Waals surface area contributed by atoms with Crippen LogP contribution >= 0.6 is 11.3 Å². The summed E-state index contributed by atoms with van der Waals surface area (Å²) in [7, 11) is 0. The van der Waals surface area contributed by atoms with Crippen molar-refractivity contribution < 1.29 is 4.79 Å². The molecule has 1 N–H and O–H groups in total. The highest BCUT2D eigenvalue weighted by Crippen LogP contribution is 2.23. The van der Waals surface area contributed by atoms with Crippen molar-refractivity contribution in [1.29, 1.82) is 0 Å². The largest absolute Gasteiger partial charge is 0.351 e. The maximum absolute atomic E-state index is 12.5. The summed E-state index contributed by atoms with van der Waals surface area (Å²) in [5, 5.41) is 4.89. The minimum atomic E-state index is -0.0391. The second kappa shape index (κ2) is 8.27. The van der Waals surface area contributed by atoms with Gasteiger partial charge in [-0.05, 0) is 26.1 Å². The Labute approximate surface area is 152 Å². The van der Waals surface area contributed by atoms with E-state index in [1.807, 2.05) is 46.3 Å². The fourth-order valence-corrected chi connectivity index (χ4v) is 3.68. The number of imidazole rings is 1. The van der Waals surface area contributed by atoms with E-state index in [1.165, 1.54) is 11.3 Å². The number of aromatic nitrogens is 2. The van der Waals surface area contributed by atoms with E-state index >= 15 is 0 Å². The topological polar surface area (TPSA) is 49.6 Å². The summed E-state index contributed by atoms with van der Waals surface area (Å²) in [5.41, 5.74) is 2.60. The highest BCUT2D eigenvalue weighted by Gasteiger charge is 2.14. The van der Waals surface area contributed by atoms with Crippen molar-refractivity contribution in [2.24, 2.45) is 0 Å². The molecule has 0 radical (unpaired) electrons. The molecule has 2 heterocycles. The quantitative estimate of drug-likeness (QED) is 0.628. The monoisotopic (exact) mass is 356 g/mol. The van der Waals surface area contributed by atoms with Crippen LogP contribution in [0.15, 0.2) is 41.9 Å². The fourth-order valence-electron chi connectivity index (χ4n) is 2.83. The zero-order valence-electron chi connectivity index (χ0n) is 14.7. The molecule has 1 amide bonds. The molecule has 0 bridgehead atoms. The lowest BCUT2D eigenvalue weighted by Crippen LogP contribution is -2.30. The van der Waals surface area contributed by atoms with Crippen molar-refractivity contribution >= 4 is 22.2 Å². The number of carbonyl (C=O) groups excluding carboxylic acids is 1. The molecule has 132 valence electrons. The van der Waals surface area contributed by atoms with E-state index in [9.17, 15) is 4.79 Å². The fraction of sp³-hybridized carbons (Fsp3) is 0.368. The molecule has 1 aromatic carbocycles. The Morgan fingerprint density at radius 2 is 2.00 bits per heavy atom. The summed E-state index contributed by atoms with van der Waals surface area (Å²) in [6.45, 7) is 8.11. The first kappa shape index (κ1) is 17.6. The molecule has 0 saturated carbocycles. The molecule has 6 heteroatoms. The van der Waals surface area contributed by atoms with Gasteiger partial charge in [-0.15, -0.1) is 11.3 Å². The number of nitrogens with zero attached hydrogens (tertiary/aromatic N) is 3. The number of benzene rings is 1. The van der Waals surface area contributed by atoms with Gasteiger partial charge in [0.15, 0.2) is 4.96 Å². The average Bonchev–Trinajstić information content (AvgIpc) is 3.23. The first-order valence-corrected chi connectivity index (χ1v) is 9.63. The third-order valence-electron chi connectivity index (χ3n) is 4.34. The predicted octanol–water partition coefficient (Wildman–Crippen LogP) is 3.52. The average molecular weight is 356 g/mol. The summed E-state index contributed by atoms with van der Waals surface area (Å²) in [5.74, 6) is -0.0391. The van der Waals surface area contributed by atoms with Crippen LogP contribution in [-0.2, 0) is 0 Å². The number of fused-ring (bicyclic) bond motifs is 1. The first-order valence-electron chi connectivity index (χ1n) is 8.75. The number of nitrogens with one attached hydrogen (secondary N) is 1. The predicted molar refractivity (Wildman–Crippen MR) is 103 cm³/mol. The highest BCUT2D eigenvalue weighted by atomic mass is 32.1. The van der Waals surface area contributed by atoms with Crippen molar-refractivity contribution in [2.75, 3.05) is 26.2 Å². The van der Waals surface area contributed by atoms with Gasteiger partial charge in [-0.1, -0.05) is 44.2 Å². The van der Waals surface area contributed by atoms with Crippen molar-refractivity contribution in [3.8, 4) is 11.3 Å². The van der Waals surface area contributed by atoms with E-state index < -0.39 is 0 Å². The van der Waals surface area contributed by atoms with Crippen molar-refractivity contribution in [3.05, 3.63) is 47.6 Å². The molecule has 2 aromatic heterocycles. The number of carbonyl (C=O) groups is 1. The molecule has 0 fully saturated rings. The number of thiazole rings is 1. The molecule has 0 atom stereocenters. The lowest BCUT2D eigenvalue weighted by atomic mass is 10.2. The Balaban J connectivity index is 1.65. The van der Waals surface area contributed by atoms with Gasteiger partial charge < -0.3 is 10.2 Å². The van der Waals surface area contributed by atoms with E-state index in [1.54, 1.807) is 0 Å². The molecule has 0 unspecified atom stereocenters. The smallest absolute Gasteiger partial charge is 0.269 e. The van der Waals surface area contributed by atoms with Crippen LogP contribution in [-0.4, -0.2) is 46.4 Å². The Hall–Kier alpha value is -2.18. The van der Waals surface area contributed by atoms with Crippen molar-refractivity contribution in [2.45, 2.75) is 20.3 Å². The van der Waals surface area contributed by atoms with Crippen LogP contribution in [0.3, 0.4) is 0 Å². The molecule has 0 aliphatic rings. The summed E-state index contributed by atoms with van der Waals surface area (Å²) >= 11 is 1.49. The third-order valence-corrected chi connectivity index (χ3v) is 5.18. The summed E-state index contributed by atoms with van der Waals surface area (Å²) in [4.78, 5) is 20.3. The Kier molecular flexibility index (Phi) is 5.83. The molecule has 0 spiro atoms. The second-order valence-corrected chi connectivity index (χ2v) is 6.74. The van der Waals surface area contributed by atoms with Gasteiger partial charge in [-0.2, -0.15) is 0 Å². The van der Waals surface area contributed by atoms with Crippen LogP contribution in [0.2, 0.25) is 0 Å². The Bertz CT molecular complexity index is 820. The lowest BCUT2D eigenvalue weighted by molar-refractivity contribution is 0.0946. The number of hydrogen-bond donors (Lipinski definition) is 1. The van der Waals surface area contributed by atoms with Gasteiger partial charge in [0.2, 0.25) is 0 Å². The van der Waals surface area contributed by atoms with E-state index in [2.05, 4.69) is 29.0 Å². The molecular formula is C19H24N4OS. The Morgan fingerprint density at radius 1 is 1.24 bits per heavy atom. The van der Waals surface area contributed by atoms with Crippen molar-refractivity contribution in [3.63, 3.8) is 0 Å². The molecule has 25 heavy (non-hydrogen) atoms. The van der Waals surface area contributed by atoms with Gasteiger partial charge in [0.05, 0.1) is 5.69 Å². The highest BCUT2D eigenvalue weighted by molar-refractivity contribution is 7.15. The third kappa shape index (κ3) is 4.08. The van der Waals surface area contributed by atoms with Gasteiger partial charge in [0.1, 0.15) is 5.69 Å². The second-order valence-electron chi connectivity index (χ2n) is 5.90. The zero-order valence-corrected chi connectivity index (χ0v) is 15.6. The van der Waals surface area contributed by atoms with Crippen molar-refractivity contribution in [1.82, 2.24) is 19.6 Å². The molecule has 3 aromatic rings. The molecule has 0 aliphatic carbocycles. The molecule has 3 rings (SSSR count). The van der Waals surface area contributed by atoms with Crippen LogP contribution in [0, 0.1) is 0 Å². The number of hydrogen-bond acceptors (Lipinski definition) is 4. The molecule has 0 saturated heterocycles. The van der Waals surface area contributed by atoms with Gasteiger partial charge in [-0.25, -0.2) is 4.98 Å². The Morgan fingerprint density at radius 3 is 2.72 bits per heavy atom. The SMILES string of the molecule is CCN(CC)CCCNC(=O)c1csc2nc(-c3ccccc3)cn12. The maximum atomic E-state index is 12.5. The minimum Gasteiger partial charge on any atom is -0.351 e. The maximum Gasteiger partial charge on any atom is 0.269 e. The summed E-state index contributed by atoms with van der Waals surface area (Å²) < 4.78 is 1.88. The molecule has 0 aliphatic heterocycles. The van der Waals surface area contributed by atoms with E-state index in [0.717, 1.165) is 42.3 Å². The van der Waals surface area contributed by atoms with E-state index in [4.69, 9.17) is 0 Å². The van der Waals surface area contributed by atoms with Gasteiger partial charge in [0, 0.05) is 23.7 Å². The van der Waals surface area contributed by atoms with Crippen LogP contribution < -0.4 is 5.32 Å². The molecular weight excluding hydrogens is 332 g/mol. The normalized spacial score (nSPS) is 11.3. The zero-order chi connectivity index (χ0) is 17.6. The van der Waals surface area contributed by atoms with Crippen LogP contribution in [0.25, 0.3) is 16.2 Å². The summed E-state index contributed by atoms with van der Waals surface area (Å²) in [6, 6.07) is 10.0. The van der Waals surface area contributed by atoms with E-state index in [-0.39, 0.29) is 5.91 Å². The number of rotatable bonds is 8. The lowest BCUT2D eigenvalue weighted by Gasteiger charge is -2.17. The minimum absolute atomic E-state index is 0.0391. The number of amides is 1. The van der Waals surface area contributed by atoms with E-state index in [0.29, 0.717) is 12.2 Å². The van der Waals surface area contributed by atoms with Crippen LogP contribution in [0.1, 0.15) is 30.8 Å². The standard InChI is InChI=1S/C19H24N4OS/c1-3-22(4-2)12-8-11-20-18(24)17-14-25-19-21-16(13-23(17)19)15-9-6-5-7-10-15/h5-7,9-10,13-14H,3-4,8,11-12H2,1-2H3,(H,20,24). The van der Waals surface area contributed by atoms with Gasteiger partial charge >= 0.3 is 0 Å². The van der Waals surface area contributed by atoms with Gasteiger partial charge in [-0.3, -0.25) is 9.20 Å². The van der Waals surface area contributed by atoms with Crippen LogP contribution in [0.4, 0.5) is 0 Å².